The van der Waals surface area contributed by atoms with Gasteiger partial charge in [0.1, 0.15) is 11.5 Å². The molecule has 4 heteroatoms. The van der Waals surface area contributed by atoms with Gasteiger partial charge in [-0.15, -0.1) is 0 Å². The molecule has 0 spiro atoms. The number of aryl methyl sites for hydroxylation is 2. The Labute approximate surface area is 217 Å². The summed E-state index contributed by atoms with van der Waals surface area (Å²) in [6, 6.07) is 11.9. The van der Waals surface area contributed by atoms with Crippen LogP contribution < -0.4 is 0 Å². The zero-order valence-corrected chi connectivity index (χ0v) is 22.6. The zero-order chi connectivity index (χ0) is 25.7. The Kier molecular flexibility index (Phi) is 8.87. The van der Waals surface area contributed by atoms with E-state index in [-0.39, 0.29) is 12.1 Å². The molecule has 0 aliphatic heterocycles. The summed E-state index contributed by atoms with van der Waals surface area (Å²) >= 11 is 0. The molecule has 2 aliphatic rings. The molecule has 0 bridgehead atoms. The van der Waals surface area contributed by atoms with E-state index in [1.165, 1.54) is 64.2 Å². The van der Waals surface area contributed by atoms with Crippen LogP contribution in [0.15, 0.2) is 46.4 Å². The van der Waals surface area contributed by atoms with Gasteiger partial charge in [-0.2, -0.15) is 0 Å². The van der Waals surface area contributed by atoms with E-state index in [4.69, 9.17) is 9.98 Å². The van der Waals surface area contributed by atoms with Crippen LogP contribution in [0, 0.1) is 25.7 Å². The predicted molar refractivity (Wildman–Crippen MR) is 151 cm³/mol. The van der Waals surface area contributed by atoms with Gasteiger partial charge in [0.2, 0.25) is 0 Å². The van der Waals surface area contributed by atoms with Crippen LogP contribution in [0.3, 0.4) is 0 Å². The lowest BCUT2D eigenvalue weighted by Gasteiger charge is -2.37. The molecule has 2 atom stereocenters. The number of hydrogen-bond acceptors (Lipinski definition) is 4. The molecular formula is C32H44N2O2. The van der Waals surface area contributed by atoms with Crippen molar-refractivity contribution in [1.82, 2.24) is 0 Å². The fourth-order valence-corrected chi connectivity index (χ4v) is 6.35. The van der Waals surface area contributed by atoms with Crippen molar-refractivity contribution in [2.75, 3.05) is 0 Å². The maximum Gasteiger partial charge on any atom is 0.124 e. The summed E-state index contributed by atoms with van der Waals surface area (Å²) < 4.78 is 0. The maximum atomic E-state index is 10.7. The third kappa shape index (κ3) is 6.38. The van der Waals surface area contributed by atoms with Crippen LogP contribution in [0.4, 0.5) is 0 Å². The highest BCUT2D eigenvalue weighted by Crippen LogP contribution is 2.38. The molecule has 4 rings (SSSR count). The average Bonchev–Trinajstić information content (AvgIpc) is 2.87. The number of phenolic OH excluding ortho intramolecular Hbond substituents is 2. The Morgan fingerprint density at radius 3 is 1.33 bits per heavy atom. The topological polar surface area (TPSA) is 65.2 Å². The van der Waals surface area contributed by atoms with Crippen LogP contribution >= 0.6 is 0 Å². The van der Waals surface area contributed by atoms with Crippen molar-refractivity contribution in [3.8, 4) is 11.5 Å². The van der Waals surface area contributed by atoms with Gasteiger partial charge in [0.15, 0.2) is 0 Å². The highest BCUT2D eigenvalue weighted by Gasteiger charge is 2.36. The van der Waals surface area contributed by atoms with Gasteiger partial charge < -0.3 is 10.2 Å². The molecule has 0 radical (unpaired) electrons. The van der Waals surface area contributed by atoms with E-state index in [0.29, 0.717) is 23.3 Å². The second-order valence-corrected chi connectivity index (χ2v) is 11.2. The predicted octanol–water partition coefficient (Wildman–Crippen LogP) is 7.93. The molecule has 2 aromatic rings. The Balaban J connectivity index is 1.78. The number of nitrogens with zero attached hydrogens (tertiary/aromatic N) is 2. The Hall–Kier alpha value is -2.62. The third-order valence-corrected chi connectivity index (χ3v) is 8.39. The van der Waals surface area contributed by atoms with Crippen LogP contribution in [0.25, 0.3) is 0 Å². The zero-order valence-electron chi connectivity index (χ0n) is 22.6. The van der Waals surface area contributed by atoms with Gasteiger partial charge in [0.05, 0.1) is 12.1 Å². The standard InChI is InChI=1S/C32H44N2O2/c1-21-15-17-27(29(35)19-21)23(3)33-31(25-11-7-5-8-12-25)32(26-13-9-6-10-14-26)34-24(4)28-18-16-22(2)20-30(28)36/h15-20,25-26,31-32,35-36H,5-14H2,1-4H3. The van der Waals surface area contributed by atoms with E-state index in [9.17, 15) is 10.2 Å². The number of phenols is 2. The largest absolute Gasteiger partial charge is 0.507 e. The molecule has 2 aromatic carbocycles. The quantitative estimate of drug-likeness (QED) is 0.389. The van der Waals surface area contributed by atoms with E-state index in [1.807, 2.05) is 64.1 Å². The van der Waals surface area contributed by atoms with Crippen molar-refractivity contribution < 1.29 is 10.2 Å². The monoisotopic (exact) mass is 488 g/mol. The van der Waals surface area contributed by atoms with Crippen LogP contribution in [0.5, 0.6) is 11.5 Å². The Bertz CT molecular complexity index is 1000. The summed E-state index contributed by atoms with van der Waals surface area (Å²) in [6.45, 7) is 8.08. The highest BCUT2D eigenvalue weighted by atomic mass is 16.3. The van der Waals surface area contributed by atoms with Crippen LogP contribution in [-0.4, -0.2) is 33.7 Å². The van der Waals surface area contributed by atoms with Gasteiger partial charge in [-0.25, -0.2) is 0 Å². The van der Waals surface area contributed by atoms with E-state index in [0.717, 1.165) is 33.7 Å². The molecule has 36 heavy (non-hydrogen) atoms. The maximum absolute atomic E-state index is 10.7. The summed E-state index contributed by atoms with van der Waals surface area (Å²) in [5.41, 5.74) is 5.53. The first-order chi connectivity index (χ1) is 17.3. The summed E-state index contributed by atoms with van der Waals surface area (Å²) in [7, 11) is 0. The number of aliphatic imine (C=N–C) groups is 2. The van der Waals surface area contributed by atoms with Gasteiger partial charge in [-0.3, -0.25) is 9.98 Å². The van der Waals surface area contributed by atoms with E-state index in [2.05, 4.69) is 0 Å². The minimum atomic E-state index is 0.0802. The second-order valence-electron chi connectivity index (χ2n) is 11.2. The summed E-state index contributed by atoms with van der Waals surface area (Å²) in [4.78, 5) is 10.8. The molecule has 2 fully saturated rings. The van der Waals surface area contributed by atoms with Crippen molar-refractivity contribution in [1.29, 1.82) is 0 Å². The van der Waals surface area contributed by atoms with Gasteiger partial charge in [-0.05, 0) is 101 Å². The molecule has 2 N–H and O–H groups in total. The summed E-state index contributed by atoms with van der Waals surface area (Å²) in [6.07, 6.45) is 12.4. The minimum Gasteiger partial charge on any atom is -0.507 e. The number of rotatable bonds is 7. The smallest absolute Gasteiger partial charge is 0.124 e. The van der Waals surface area contributed by atoms with E-state index in [1.54, 1.807) is 0 Å². The van der Waals surface area contributed by atoms with Crippen molar-refractivity contribution in [2.24, 2.45) is 21.8 Å². The average molecular weight is 489 g/mol. The van der Waals surface area contributed by atoms with Crippen molar-refractivity contribution >= 4 is 11.4 Å². The number of benzene rings is 2. The lowest BCUT2D eigenvalue weighted by atomic mass is 9.74. The third-order valence-electron chi connectivity index (χ3n) is 8.39. The normalized spacial score (nSPS) is 20.3. The summed E-state index contributed by atoms with van der Waals surface area (Å²) in [5.74, 6) is 1.60. The van der Waals surface area contributed by atoms with Crippen LogP contribution in [-0.2, 0) is 0 Å². The molecule has 2 saturated carbocycles. The van der Waals surface area contributed by atoms with Gasteiger partial charge >= 0.3 is 0 Å². The van der Waals surface area contributed by atoms with Gasteiger partial charge in [0.25, 0.3) is 0 Å². The van der Waals surface area contributed by atoms with Gasteiger partial charge in [0, 0.05) is 22.6 Å². The van der Waals surface area contributed by atoms with Crippen LogP contribution in [0.1, 0.15) is 100 Å². The van der Waals surface area contributed by atoms with Crippen molar-refractivity contribution in [2.45, 2.75) is 104 Å². The highest BCUT2D eigenvalue weighted by molar-refractivity contribution is 6.02. The lowest BCUT2D eigenvalue weighted by molar-refractivity contribution is 0.213. The first-order valence-electron chi connectivity index (χ1n) is 14.0. The van der Waals surface area contributed by atoms with Crippen LogP contribution in [0.2, 0.25) is 0 Å². The number of hydrogen-bond donors (Lipinski definition) is 2. The fourth-order valence-electron chi connectivity index (χ4n) is 6.35. The SMILES string of the molecule is CC(=NC(C1CCCCC1)C(N=C(C)c1ccc(C)cc1O)C1CCCCC1)c1ccc(C)cc1O. The number of aromatic hydroxyl groups is 2. The molecular weight excluding hydrogens is 444 g/mol. The lowest BCUT2D eigenvalue weighted by Crippen LogP contribution is -2.39. The fraction of sp³-hybridized carbons (Fsp3) is 0.562. The molecule has 2 aliphatic carbocycles. The molecule has 0 heterocycles. The van der Waals surface area contributed by atoms with Crippen molar-refractivity contribution in [3.63, 3.8) is 0 Å². The Morgan fingerprint density at radius 1 is 0.639 bits per heavy atom. The van der Waals surface area contributed by atoms with Gasteiger partial charge in [-0.1, -0.05) is 50.7 Å². The summed E-state index contributed by atoms with van der Waals surface area (Å²) in [5, 5.41) is 21.4. The molecule has 0 saturated heterocycles. The molecule has 0 aromatic heterocycles. The first-order valence-corrected chi connectivity index (χ1v) is 14.0. The molecule has 0 amide bonds. The molecule has 4 nitrogen and oxygen atoms in total. The van der Waals surface area contributed by atoms with Crippen molar-refractivity contribution in [3.05, 3.63) is 58.7 Å². The van der Waals surface area contributed by atoms with E-state index >= 15 is 0 Å². The van der Waals surface area contributed by atoms with E-state index < -0.39 is 0 Å². The molecule has 194 valence electrons. The molecule has 2 unspecified atom stereocenters. The first kappa shape index (κ1) is 26.4. The minimum absolute atomic E-state index is 0.0802. The second kappa shape index (κ2) is 12.1. The Morgan fingerprint density at radius 2 is 1.00 bits per heavy atom.